The second-order valence-corrected chi connectivity index (χ2v) is 5.72. The van der Waals surface area contributed by atoms with Gasteiger partial charge in [0.05, 0.1) is 5.70 Å². The molecule has 0 atom stereocenters. The number of nitrogens with one attached hydrogen (secondary N) is 2. The quantitative estimate of drug-likeness (QED) is 0.855. The van der Waals surface area contributed by atoms with Gasteiger partial charge in [0.25, 0.3) is 11.1 Å². The highest BCUT2D eigenvalue weighted by molar-refractivity contribution is 8.18. The second kappa shape index (κ2) is 6.07. The summed E-state index contributed by atoms with van der Waals surface area (Å²) >= 11 is 0.919. The van der Waals surface area contributed by atoms with Crippen molar-refractivity contribution in [3.8, 4) is 11.1 Å². The number of carbonyl (C=O) groups excluding carboxylic acids is 2. The maximum absolute atomic E-state index is 11.8. The number of carbonyl (C=O) groups is 2. The van der Waals surface area contributed by atoms with Crippen LogP contribution in [0.4, 0.5) is 4.79 Å². The fourth-order valence-electron chi connectivity index (χ4n) is 2.33. The van der Waals surface area contributed by atoms with Crippen molar-refractivity contribution in [1.29, 1.82) is 0 Å². The molecule has 22 heavy (non-hydrogen) atoms. The topological polar surface area (TPSA) is 58.2 Å². The van der Waals surface area contributed by atoms with Gasteiger partial charge in [-0.2, -0.15) is 0 Å². The molecule has 0 aliphatic carbocycles. The van der Waals surface area contributed by atoms with Crippen molar-refractivity contribution in [3.05, 3.63) is 65.1 Å². The average molecular weight is 310 g/mol. The average Bonchev–Trinajstić information content (AvgIpc) is 2.88. The van der Waals surface area contributed by atoms with Crippen LogP contribution in [0.1, 0.15) is 5.56 Å². The van der Waals surface area contributed by atoms with Crippen LogP contribution in [0.25, 0.3) is 16.8 Å². The van der Waals surface area contributed by atoms with E-state index in [-0.39, 0.29) is 11.1 Å². The van der Waals surface area contributed by atoms with Crippen molar-refractivity contribution in [2.45, 2.75) is 0 Å². The molecule has 2 aromatic carbocycles. The molecule has 4 nitrogen and oxygen atoms in total. The van der Waals surface area contributed by atoms with E-state index < -0.39 is 0 Å². The van der Waals surface area contributed by atoms with Crippen molar-refractivity contribution in [3.63, 3.8) is 0 Å². The predicted octanol–water partition coefficient (Wildman–Crippen LogP) is 3.22. The Morgan fingerprint density at radius 1 is 0.955 bits per heavy atom. The first-order chi connectivity index (χ1) is 10.7. The van der Waals surface area contributed by atoms with Gasteiger partial charge in [-0.3, -0.25) is 14.9 Å². The van der Waals surface area contributed by atoms with Crippen LogP contribution in [0.2, 0.25) is 0 Å². The smallest absolute Gasteiger partial charge is 0.291 e. The molecule has 0 spiro atoms. The van der Waals surface area contributed by atoms with Gasteiger partial charge in [0.1, 0.15) is 4.91 Å². The Labute approximate surface area is 132 Å². The summed E-state index contributed by atoms with van der Waals surface area (Å²) < 4.78 is 0. The number of hydrogen-bond acceptors (Lipinski definition) is 4. The van der Waals surface area contributed by atoms with Gasteiger partial charge >= 0.3 is 0 Å². The number of imide groups is 1. The molecule has 2 aromatic rings. The maximum atomic E-state index is 11.8. The lowest BCUT2D eigenvalue weighted by atomic mass is 10.0. The van der Waals surface area contributed by atoms with E-state index in [1.165, 1.54) is 0 Å². The number of amides is 2. The molecule has 1 saturated heterocycles. The molecule has 2 N–H and O–H groups in total. The van der Waals surface area contributed by atoms with Crippen LogP contribution in [-0.4, -0.2) is 18.2 Å². The van der Waals surface area contributed by atoms with E-state index in [1.807, 2.05) is 54.6 Å². The first-order valence-corrected chi connectivity index (χ1v) is 7.62. The van der Waals surface area contributed by atoms with Crippen molar-refractivity contribution in [2.24, 2.45) is 0 Å². The maximum Gasteiger partial charge on any atom is 0.291 e. The van der Waals surface area contributed by atoms with Gasteiger partial charge in [-0.15, -0.1) is 0 Å². The third-order valence-electron chi connectivity index (χ3n) is 3.37. The molecule has 3 rings (SSSR count). The summed E-state index contributed by atoms with van der Waals surface area (Å²) in [6.45, 7) is 0. The van der Waals surface area contributed by atoms with E-state index in [0.717, 1.165) is 28.5 Å². The van der Waals surface area contributed by atoms with Gasteiger partial charge < -0.3 is 5.32 Å². The van der Waals surface area contributed by atoms with Gasteiger partial charge in [-0.1, -0.05) is 54.6 Å². The molecule has 0 saturated carbocycles. The van der Waals surface area contributed by atoms with Gasteiger partial charge in [0, 0.05) is 7.05 Å². The summed E-state index contributed by atoms with van der Waals surface area (Å²) in [5, 5.41) is 4.95. The number of thioether (sulfide) groups is 1. The molecule has 0 unspecified atom stereocenters. The zero-order chi connectivity index (χ0) is 15.5. The van der Waals surface area contributed by atoms with E-state index in [2.05, 4.69) is 10.6 Å². The van der Waals surface area contributed by atoms with Crippen LogP contribution in [-0.2, 0) is 4.79 Å². The van der Waals surface area contributed by atoms with Crippen LogP contribution in [0.3, 0.4) is 0 Å². The Balaban J connectivity index is 1.97. The van der Waals surface area contributed by atoms with E-state index in [4.69, 9.17) is 0 Å². The lowest BCUT2D eigenvalue weighted by molar-refractivity contribution is -0.115. The molecule has 1 aliphatic heterocycles. The monoisotopic (exact) mass is 310 g/mol. The Morgan fingerprint density at radius 2 is 1.59 bits per heavy atom. The summed E-state index contributed by atoms with van der Waals surface area (Å²) in [6, 6.07) is 18.0. The van der Waals surface area contributed by atoms with Gasteiger partial charge in [0.15, 0.2) is 0 Å². The Hall–Kier alpha value is -2.53. The van der Waals surface area contributed by atoms with Crippen LogP contribution >= 0.6 is 11.8 Å². The lowest BCUT2D eigenvalue weighted by Gasteiger charge is -2.10. The molecular weight excluding hydrogens is 296 g/mol. The van der Waals surface area contributed by atoms with Crippen molar-refractivity contribution in [2.75, 3.05) is 7.05 Å². The fraction of sp³-hybridized carbons (Fsp3) is 0.0588. The van der Waals surface area contributed by atoms with E-state index in [9.17, 15) is 9.59 Å². The SMILES string of the molecule is CNC(=C1SC(=O)NC1=O)c1ccc(-c2ccccc2)cc1. The number of rotatable bonds is 3. The molecule has 2 amide bonds. The highest BCUT2D eigenvalue weighted by Gasteiger charge is 2.28. The first kappa shape index (κ1) is 14.4. The van der Waals surface area contributed by atoms with Crippen molar-refractivity contribution in [1.82, 2.24) is 10.6 Å². The van der Waals surface area contributed by atoms with E-state index in [0.29, 0.717) is 10.6 Å². The molecule has 1 aliphatic rings. The summed E-state index contributed by atoms with van der Waals surface area (Å²) in [4.78, 5) is 23.5. The van der Waals surface area contributed by atoms with Gasteiger partial charge in [-0.05, 0) is 28.5 Å². The van der Waals surface area contributed by atoms with Crippen LogP contribution in [0, 0.1) is 0 Å². The normalized spacial score (nSPS) is 16.4. The third kappa shape index (κ3) is 2.76. The molecule has 1 heterocycles. The Kier molecular flexibility index (Phi) is 3.98. The minimum absolute atomic E-state index is 0.339. The van der Waals surface area contributed by atoms with Gasteiger partial charge in [-0.25, -0.2) is 0 Å². The zero-order valence-corrected chi connectivity index (χ0v) is 12.7. The molecule has 0 radical (unpaired) electrons. The summed E-state index contributed by atoms with van der Waals surface area (Å²) in [6.07, 6.45) is 0. The number of hydrogen-bond donors (Lipinski definition) is 2. The minimum Gasteiger partial charge on any atom is -0.387 e. The fourth-order valence-corrected chi connectivity index (χ4v) is 3.12. The van der Waals surface area contributed by atoms with Crippen LogP contribution in [0.5, 0.6) is 0 Å². The van der Waals surface area contributed by atoms with Crippen molar-refractivity contribution >= 4 is 28.6 Å². The van der Waals surface area contributed by atoms with Crippen LogP contribution < -0.4 is 10.6 Å². The summed E-state index contributed by atoms with van der Waals surface area (Å²) in [5.41, 5.74) is 3.77. The molecule has 0 bridgehead atoms. The van der Waals surface area contributed by atoms with Crippen LogP contribution in [0.15, 0.2) is 59.5 Å². The first-order valence-electron chi connectivity index (χ1n) is 6.80. The number of benzene rings is 2. The molecule has 110 valence electrons. The Bertz CT molecular complexity index is 752. The summed E-state index contributed by atoms with van der Waals surface area (Å²) in [7, 11) is 1.74. The third-order valence-corrected chi connectivity index (χ3v) is 4.26. The van der Waals surface area contributed by atoms with E-state index >= 15 is 0 Å². The lowest BCUT2D eigenvalue weighted by Crippen LogP contribution is -2.20. The Morgan fingerprint density at radius 3 is 2.14 bits per heavy atom. The standard InChI is InChI=1S/C17H14N2O2S/c1-18-14(15-16(20)19-17(21)22-15)13-9-7-12(8-10-13)11-5-3-2-4-6-11/h2-10,18H,1H3,(H,19,20,21). The minimum atomic E-state index is -0.355. The molecule has 1 fully saturated rings. The second-order valence-electron chi connectivity index (χ2n) is 4.74. The zero-order valence-electron chi connectivity index (χ0n) is 11.9. The van der Waals surface area contributed by atoms with E-state index in [1.54, 1.807) is 7.05 Å². The van der Waals surface area contributed by atoms with Gasteiger partial charge in [0.2, 0.25) is 0 Å². The van der Waals surface area contributed by atoms with Crippen molar-refractivity contribution < 1.29 is 9.59 Å². The largest absolute Gasteiger partial charge is 0.387 e. The molecule has 5 heteroatoms. The molecule has 0 aromatic heterocycles. The summed E-state index contributed by atoms with van der Waals surface area (Å²) in [5.74, 6) is -0.355. The molecular formula is C17H14N2O2S. The predicted molar refractivity (Wildman–Crippen MR) is 89.0 cm³/mol. The highest BCUT2D eigenvalue weighted by Crippen LogP contribution is 2.31. The highest BCUT2D eigenvalue weighted by atomic mass is 32.2.